The van der Waals surface area contributed by atoms with E-state index in [0.717, 1.165) is 25.9 Å². The molecule has 8 heteroatoms. The van der Waals surface area contributed by atoms with Crippen LogP contribution in [0.4, 0.5) is 18.9 Å². The number of rotatable bonds is 5. The molecular formula is C13H18F3N3O2. The van der Waals surface area contributed by atoms with Crippen LogP contribution < -0.4 is 5.32 Å². The van der Waals surface area contributed by atoms with Crippen molar-refractivity contribution < 1.29 is 22.7 Å². The Morgan fingerprint density at radius 3 is 2.95 bits per heavy atom. The summed E-state index contributed by atoms with van der Waals surface area (Å²) in [5.74, 6) is -0.666. The number of nitrogens with one attached hydrogen (secondary N) is 1. The van der Waals surface area contributed by atoms with E-state index in [2.05, 4.69) is 10.4 Å². The Kier molecular flexibility index (Phi) is 5.22. The third-order valence-electron chi connectivity index (χ3n) is 3.22. The fourth-order valence-corrected chi connectivity index (χ4v) is 2.17. The van der Waals surface area contributed by atoms with Crippen LogP contribution >= 0.6 is 0 Å². The zero-order chi connectivity index (χ0) is 15.3. The van der Waals surface area contributed by atoms with Gasteiger partial charge in [-0.05, 0) is 19.3 Å². The smallest absolute Gasteiger partial charge is 0.376 e. The molecule has 5 nitrogen and oxygen atoms in total. The molecule has 0 aliphatic carbocycles. The number of ether oxygens (including phenoxy) is 1. The minimum atomic E-state index is -4.32. The standard InChI is InChI=1S/C13H18F3N3O2/c14-13(15,16)5-4-12(20)18-10-7-17-19(8-10)9-11-3-1-2-6-21-11/h7-8,11H,1-6,9H2,(H,18,20). The number of halogens is 3. The minimum Gasteiger partial charge on any atom is -0.376 e. The van der Waals surface area contributed by atoms with E-state index in [9.17, 15) is 18.0 Å². The average molecular weight is 305 g/mol. The molecule has 1 N–H and O–H groups in total. The Balaban J connectivity index is 1.78. The third kappa shape index (κ3) is 5.74. The van der Waals surface area contributed by atoms with E-state index in [-0.39, 0.29) is 6.10 Å². The molecule has 1 atom stereocenters. The molecule has 118 valence electrons. The monoisotopic (exact) mass is 305 g/mol. The zero-order valence-corrected chi connectivity index (χ0v) is 11.5. The molecular weight excluding hydrogens is 287 g/mol. The topological polar surface area (TPSA) is 56.2 Å². The molecule has 0 bridgehead atoms. The molecule has 1 amide bonds. The van der Waals surface area contributed by atoms with Gasteiger partial charge in [0.25, 0.3) is 0 Å². The highest BCUT2D eigenvalue weighted by atomic mass is 19.4. The quantitative estimate of drug-likeness (QED) is 0.910. The second-order valence-corrected chi connectivity index (χ2v) is 5.10. The van der Waals surface area contributed by atoms with E-state index in [1.807, 2.05) is 0 Å². The van der Waals surface area contributed by atoms with Crippen LogP contribution in [0.25, 0.3) is 0 Å². The summed E-state index contributed by atoms with van der Waals surface area (Å²) in [6, 6.07) is 0. The highest BCUT2D eigenvalue weighted by Gasteiger charge is 2.27. The maximum absolute atomic E-state index is 12.0. The first-order valence-corrected chi connectivity index (χ1v) is 6.93. The molecule has 1 unspecified atom stereocenters. The molecule has 21 heavy (non-hydrogen) atoms. The van der Waals surface area contributed by atoms with Crippen molar-refractivity contribution in [3.8, 4) is 0 Å². The van der Waals surface area contributed by atoms with Gasteiger partial charge in [-0.3, -0.25) is 9.48 Å². The molecule has 0 radical (unpaired) electrons. The molecule has 2 heterocycles. The van der Waals surface area contributed by atoms with Crippen molar-refractivity contribution in [3.05, 3.63) is 12.4 Å². The van der Waals surface area contributed by atoms with Crippen molar-refractivity contribution in [2.45, 2.75) is 50.9 Å². The van der Waals surface area contributed by atoms with Gasteiger partial charge in [0.2, 0.25) is 5.91 Å². The number of nitrogens with zero attached hydrogens (tertiary/aromatic N) is 2. The molecule has 1 aliphatic heterocycles. The predicted octanol–water partition coefficient (Wildman–Crippen LogP) is 2.73. The largest absolute Gasteiger partial charge is 0.389 e. The second-order valence-electron chi connectivity index (χ2n) is 5.10. The number of hydrogen-bond acceptors (Lipinski definition) is 3. The van der Waals surface area contributed by atoms with Gasteiger partial charge in [-0.25, -0.2) is 0 Å². The molecule has 1 saturated heterocycles. The van der Waals surface area contributed by atoms with Crippen LogP contribution in [-0.4, -0.2) is 34.6 Å². The molecule has 1 aromatic rings. The SMILES string of the molecule is O=C(CCC(F)(F)F)Nc1cnn(CC2CCCCO2)c1. The Morgan fingerprint density at radius 2 is 2.29 bits per heavy atom. The normalized spacial score (nSPS) is 19.5. The summed E-state index contributed by atoms with van der Waals surface area (Å²) in [5, 5.41) is 6.48. The van der Waals surface area contributed by atoms with E-state index >= 15 is 0 Å². The Labute approximate surface area is 120 Å². The summed E-state index contributed by atoms with van der Waals surface area (Å²) in [7, 11) is 0. The Hall–Kier alpha value is -1.57. The summed E-state index contributed by atoms with van der Waals surface area (Å²) in [5.41, 5.74) is 0.401. The van der Waals surface area contributed by atoms with Crippen LogP contribution in [0.2, 0.25) is 0 Å². The van der Waals surface area contributed by atoms with Gasteiger partial charge in [0.05, 0.1) is 31.0 Å². The van der Waals surface area contributed by atoms with E-state index in [4.69, 9.17) is 4.74 Å². The summed E-state index contributed by atoms with van der Waals surface area (Å²) < 4.78 is 43.2. The zero-order valence-electron chi connectivity index (χ0n) is 11.5. The van der Waals surface area contributed by atoms with Gasteiger partial charge in [0.15, 0.2) is 0 Å². The first-order chi connectivity index (χ1) is 9.92. The molecule has 1 aromatic heterocycles. The van der Waals surface area contributed by atoms with Crippen LogP contribution in [0, 0.1) is 0 Å². The fraction of sp³-hybridized carbons (Fsp3) is 0.692. The number of carbonyl (C=O) groups excluding carboxylic acids is 1. The van der Waals surface area contributed by atoms with Gasteiger partial charge >= 0.3 is 6.18 Å². The Morgan fingerprint density at radius 1 is 1.48 bits per heavy atom. The second kappa shape index (κ2) is 6.93. The third-order valence-corrected chi connectivity index (χ3v) is 3.22. The lowest BCUT2D eigenvalue weighted by atomic mass is 10.1. The number of alkyl halides is 3. The maximum Gasteiger partial charge on any atom is 0.389 e. The summed E-state index contributed by atoms with van der Waals surface area (Å²) in [4.78, 5) is 11.4. The van der Waals surface area contributed by atoms with Crippen molar-refractivity contribution in [2.24, 2.45) is 0 Å². The van der Waals surface area contributed by atoms with E-state index in [0.29, 0.717) is 12.2 Å². The number of hydrogen-bond donors (Lipinski definition) is 1. The van der Waals surface area contributed by atoms with Crippen LogP contribution in [0.15, 0.2) is 12.4 Å². The number of aromatic nitrogens is 2. The first-order valence-electron chi connectivity index (χ1n) is 6.93. The van der Waals surface area contributed by atoms with Gasteiger partial charge in [-0.2, -0.15) is 18.3 Å². The average Bonchev–Trinajstić information content (AvgIpc) is 2.84. The van der Waals surface area contributed by atoms with Crippen molar-refractivity contribution in [1.82, 2.24) is 9.78 Å². The number of amides is 1. The highest BCUT2D eigenvalue weighted by Crippen LogP contribution is 2.21. The van der Waals surface area contributed by atoms with Gasteiger partial charge in [0, 0.05) is 19.2 Å². The van der Waals surface area contributed by atoms with Crippen LogP contribution in [-0.2, 0) is 16.1 Å². The van der Waals surface area contributed by atoms with Gasteiger partial charge < -0.3 is 10.1 Å². The van der Waals surface area contributed by atoms with Crippen molar-refractivity contribution in [3.63, 3.8) is 0 Å². The highest BCUT2D eigenvalue weighted by molar-refractivity contribution is 5.90. The molecule has 1 fully saturated rings. The first kappa shape index (κ1) is 15.8. The predicted molar refractivity (Wildman–Crippen MR) is 69.7 cm³/mol. The summed E-state index contributed by atoms with van der Waals surface area (Å²) in [6.45, 7) is 1.32. The lowest BCUT2D eigenvalue weighted by Gasteiger charge is -2.22. The molecule has 0 spiro atoms. The number of anilines is 1. The summed E-state index contributed by atoms with van der Waals surface area (Å²) in [6.07, 6.45) is 0.254. The van der Waals surface area contributed by atoms with Crippen molar-refractivity contribution in [2.75, 3.05) is 11.9 Å². The van der Waals surface area contributed by atoms with Gasteiger partial charge in [-0.15, -0.1) is 0 Å². The van der Waals surface area contributed by atoms with Crippen LogP contribution in [0.5, 0.6) is 0 Å². The van der Waals surface area contributed by atoms with E-state index < -0.39 is 24.9 Å². The lowest BCUT2D eigenvalue weighted by Crippen LogP contribution is -2.24. The van der Waals surface area contributed by atoms with E-state index in [1.54, 1.807) is 10.9 Å². The lowest BCUT2D eigenvalue weighted by molar-refractivity contribution is -0.142. The van der Waals surface area contributed by atoms with Gasteiger partial charge in [0.1, 0.15) is 0 Å². The Bertz CT molecular complexity index is 467. The maximum atomic E-state index is 12.0. The van der Waals surface area contributed by atoms with Crippen molar-refractivity contribution in [1.29, 1.82) is 0 Å². The molecule has 0 saturated carbocycles. The van der Waals surface area contributed by atoms with Crippen molar-refractivity contribution >= 4 is 11.6 Å². The molecule has 0 aromatic carbocycles. The fourth-order valence-electron chi connectivity index (χ4n) is 2.17. The number of carbonyl (C=O) groups is 1. The van der Waals surface area contributed by atoms with Crippen LogP contribution in [0.1, 0.15) is 32.1 Å². The van der Waals surface area contributed by atoms with Crippen LogP contribution in [0.3, 0.4) is 0 Å². The van der Waals surface area contributed by atoms with E-state index in [1.165, 1.54) is 6.20 Å². The van der Waals surface area contributed by atoms with Gasteiger partial charge in [-0.1, -0.05) is 0 Å². The summed E-state index contributed by atoms with van der Waals surface area (Å²) >= 11 is 0. The molecule has 1 aliphatic rings. The minimum absolute atomic E-state index is 0.104. The molecule has 2 rings (SSSR count).